The van der Waals surface area contributed by atoms with Crippen LogP contribution in [0.4, 0.5) is 10.6 Å². The standard InChI is InChI=1S/C24H32N4O3/c1-3-18(2)22(27-24(30)31-17-19-9-5-4-6-10-19)23(29)26-16-20-11-12-21(25-15-20)28-13-7-8-14-28/h4-6,9-12,15,18,22H,3,7-8,13-14,16-17H2,1-2H3,(H,26,29)(H,27,30)/t18-,22-/m0/s1. The van der Waals surface area contributed by atoms with E-state index in [2.05, 4.69) is 20.5 Å². The van der Waals surface area contributed by atoms with Crippen molar-refractivity contribution in [2.75, 3.05) is 18.0 Å². The molecule has 3 rings (SSSR count). The Kier molecular flexibility index (Phi) is 8.27. The fraction of sp³-hybridized carbons (Fsp3) is 0.458. The zero-order valence-electron chi connectivity index (χ0n) is 18.3. The summed E-state index contributed by atoms with van der Waals surface area (Å²) in [6.07, 6.45) is 4.37. The number of alkyl carbamates (subject to hydrolysis) is 1. The Morgan fingerprint density at radius 1 is 1.10 bits per heavy atom. The first-order valence-electron chi connectivity index (χ1n) is 11.0. The van der Waals surface area contributed by atoms with Gasteiger partial charge in [-0.15, -0.1) is 0 Å². The van der Waals surface area contributed by atoms with Crippen molar-refractivity contribution in [1.29, 1.82) is 0 Å². The van der Waals surface area contributed by atoms with Gasteiger partial charge in [-0.25, -0.2) is 9.78 Å². The van der Waals surface area contributed by atoms with Crippen molar-refractivity contribution in [3.8, 4) is 0 Å². The number of hydrogen-bond donors (Lipinski definition) is 2. The lowest BCUT2D eigenvalue weighted by Gasteiger charge is -2.23. The van der Waals surface area contributed by atoms with Crippen molar-refractivity contribution >= 4 is 17.8 Å². The van der Waals surface area contributed by atoms with Crippen molar-refractivity contribution in [3.63, 3.8) is 0 Å². The van der Waals surface area contributed by atoms with Gasteiger partial charge in [0.2, 0.25) is 5.91 Å². The summed E-state index contributed by atoms with van der Waals surface area (Å²) in [6, 6.07) is 12.8. The Morgan fingerprint density at radius 3 is 2.48 bits per heavy atom. The quantitative estimate of drug-likeness (QED) is 0.642. The van der Waals surface area contributed by atoms with Crippen molar-refractivity contribution < 1.29 is 14.3 Å². The molecule has 0 bridgehead atoms. The summed E-state index contributed by atoms with van der Waals surface area (Å²) < 4.78 is 5.28. The second-order valence-electron chi connectivity index (χ2n) is 8.01. The number of benzene rings is 1. The molecule has 2 aromatic rings. The van der Waals surface area contributed by atoms with Crippen LogP contribution >= 0.6 is 0 Å². The normalized spacial score (nSPS) is 15.2. The van der Waals surface area contributed by atoms with Gasteiger partial charge >= 0.3 is 6.09 Å². The van der Waals surface area contributed by atoms with Gasteiger partial charge in [0.1, 0.15) is 18.5 Å². The molecule has 1 saturated heterocycles. The van der Waals surface area contributed by atoms with E-state index in [-0.39, 0.29) is 18.4 Å². The molecular weight excluding hydrogens is 392 g/mol. The molecule has 166 valence electrons. The molecule has 1 aromatic carbocycles. The minimum atomic E-state index is -0.662. The number of carbonyl (C=O) groups excluding carboxylic acids is 2. The van der Waals surface area contributed by atoms with Crippen LogP contribution in [0.15, 0.2) is 48.7 Å². The van der Waals surface area contributed by atoms with Gasteiger partial charge < -0.3 is 20.3 Å². The number of carbonyl (C=O) groups is 2. The number of nitrogens with one attached hydrogen (secondary N) is 2. The van der Waals surface area contributed by atoms with E-state index in [0.29, 0.717) is 6.54 Å². The van der Waals surface area contributed by atoms with E-state index in [1.165, 1.54) is 12.8 Å². The highest BCUT2D eigenvalue weighted by atomic mass is 16.5. The third kappa shape index (κ3) is 6.70. The number of hydrogen-bond acceptors (Lipinski definition) is 5. The Bertz CT molecular complexity index is 836. The second-order valence-corrected chi connectivity index (χ2v) is 8.01. The van der Waals surface area contributed by atoms with Crippen LogP contribution in [0.1, 0.15) is 44.2 Å². The first kappa shape index (κ1) is 22.6. The van der Waals surface area contributed by atoms with E-state index >= 15 is 0 Å². The van der Waals surface area contributed by atoms with Crippen molar-refractivity contribution in [3.05, 3.63) is 59.8 Å². The average molecular weight is 425 g/mol. The highest BCUT2D eigenvalue weighted by molar-refractivity contribution is 5.85. The van der Waals surface area contributed by atoms with Crippen molar-refractivity contribution in [2.45, 2.75) is 52.3 Å². The molecule has 7 heteroatoms. The summed E-state index contributed by atoms with van der Waals surface area (Å²) in [6.45, 7) is 6.55. The largest absolute Gasteiger partial charge is 0.445 e. The molecule has 1 aliphatic heterocycles. The molecule has 0 saturated carbocycles. The number of nitrogens with zero attached hydrogens (tertiary/aromatic N) is 2. The number of pyridine rings is 1. The molecule has 2 N–H and O–H groups in total. The highest BCUT2D eigenvalue weighted by Crippen LogP contribution is 2.17. The van der Waals surface area contributed by atoms with Crippen LogP contribution in [0.3, 0.4) is 0 Å². The number of rotatable bonds is 9. The fourth-order valence-corrected chi connectivity index (χ4v) is 3.55. The van der Waals surface area contributed by atoms with Crippen LogP contribution in [0.25, 0.3) is 0 Å². The van der Waals surface area contributed by atoms with Gasteiger partial charge in [-0.2, -0.15) is 0 Å². The lowest BCUT2D eigenvalue weighted by atomic mass is 9.98. The second kappa shape index (κ2) is 11.3. The first-order chi connectivity index (χ1) is 15.1. The maximum Gasteiger partial charge on any atom is 0.408 e. The molecule has 0 spiro atoms. The molecular formula is C24H32N4O3. The zero-order chi connectivity index (χ0) is 22.1. The van der Waals surface area contributed by atoms with Crippen LogP contribution in [-0.2, 0) is 22.7 Å². The van der Waals surface area contributed by atoms with Gasteiger partial charge in [0.15, 0.2) is 0 Å². The van der Waals surface area contributed by atoms with E-state index in [4.69, 9.17) is 4.74 Å². The molecule has 2 amide bonds. The van der Waals surface area contributed by atoms with Gasteiger partial charge in [-0.3, -0.25) is 4.79 Å². The van der Waals surface area contributed by atoms with Crippen LogP contribution in [0, 0.1) is 5.92 Å². The Labute approximate surface area is 184 Å². The molecule has 1 aromatic heterocycles. The number of anilines is 1. The maximum absolute atomic E-state index is 12.8. The first-order valence-corrected chi connectivity index (χ1v) is 11.0. The Balaban J connectivity index is 1.51. The maximum atomic E-state index is 12.8. The monoisotopic (exact) mass is 424 g/mol. The van der Waals surface area contributed by atoms with Gasteiger partial charge in [-0.05, 0) is 36.0 Å². The number of ether oxygens (including phenoxy) is 1. The summed E-state index contributed by atoms with van der Waals surface area (Å²) in [7, 11) is 0. The molecule has 2 heterocycles. The molecule has 31 heavy (non-hydrogen) atoms. The summed E-state index contributed by atoms with van der Waals surface area (Å²) in [5.41, 5.74) is 1.82. The topological polar surface area (TPSA) is 83.6 Å². The predicted molar refractivity (Wildman–Crippen MR) is 121 cm³/mol. The third-order valence-electron chi connectivity index (χ3n) is 5.69. The summed E-state index contributed by atoms with van der Waals surface area (Å²) in [5, 5.41) is 5.64. The Morgan fingerprint density at radius 2 is 1.84 bits per heavy atom. The van der Waals surface area contributed by atoms with E-state index in [1.54, 1.807) is 6.20 Å². The van der Waals surface area contributed by atoms with Crippen molar-refractivity contribution in [2.24, 2.45) is 5.92 Å². The molecule has 1 aliphatic rings. The Hall–Kier alpha value is -3.09. The number of aromatic nitrogens is 1. The van der Waals surface area contributed by atoms with Gasteiger partial charge in [-0.1, -0.05) is 56.7 Å². The SMILES string of the molecule is CC[C@H](C)[C@H](NC(=O)OCc1ccccc1)C(=O)NCc1ccc(N2CCCC2)nc1. The fourth-order valence-electron chi connectivity index (χ4n) is 3.55. The molecule has 2 atom stereocenters. The summed E-state index contributed by atoms with van der Waals surface area (Å²) in [4.78, 5) is 31.8. The van der Waals surface area contributed by atoms with Crippen LogP contribution in [-0.4, -0.2) is 36.1 Å². The lowest BCUT2D eigenvalue weighted by Crippen LogP contribution is -2.50. The van der Waals surface area contributed by atoms with Crippen LogP contribution < -0.4 is 15.5 Å². The minimum absolute atomic E-state index is 0.0278. The van der Waals surface area contributed by atoms with Crippen molar-refractivity contribution in [1.82, 2.24) is 15.6 Å². The highest BCUT2D eigenvalue weighted by Gasteiger charge is 2.26. The summed E-state index contributed by atoms with van der Waals surface area (Å²) >= 11 is 0. The predicted octanol–water partition coefficient (Wildman–Crippen LogP) is 3.64. The third-order valence-corrected chi connectivity index (χ3v) is 5.69. The molecule has 0 aliphatic carbocycles. The van der Waals surface area contributed by atoms with E-state index in [1.807, 2.05) is 56.3 Å². The minimum Gasteiger partial charge on any atom is -0.445 e. The smallest absolute Gasteiger partial charge is 0.408 e. The molecule has 0 unspecified atom stereocenters. The van der Waals surface area contributed by atoms with Gasteiger partial charge in [0.25, 0.3) is 0 Å². The van der Waals surface area contributed by atoms with Crippen LogP contribution in [0.5, 0.6) is 0 Å². The summed E-state index contributed by atoms with van der Waals surface area (Å²) in [5.74, 6) is 0.724. The average Bonchev–Trinajstić information content (AvgIpc) is 3.35. The van der Waals surface area contributed by atoms with Gasteiger partial charge in [0.05, 0.1) is 0 Å². The van der Waals surface area contributed by atoms with Gasteiger partial charge in [0, 0.05) is 25.8 Å². The zero-order valence-corrected chi connectivity index (χ0v) is 18.3. The van der Waals surface area contributed by atoms with E-state index in [9.17, 15) is 9.59 Å². The molecule has 0 radical (unpaired) electrons. The molecule has 7 nitrogen and oxygen atoms in total. The molecule has 1 fully saturated rings. The lowest BCUT2D eigenvalue weighted by molar-refractivity contribution is -0.124. The van der Waals surface area contributed by atoms with E-state index in [0.717, 1.165) is 36.5 Å². The van der Waals surface area contributed by atoms with E-state index < -0.39 is 12.1 Å². The van der Waals surface area contributed by atoms with Crippen LogP contribution in [0.2, 0.25) is 0 Å². The number of amides is 2.